The maximum Gasteiger partial charge on any atom is 0.306 e. The van der Waals surface area contributed by atoms with Gasteiger partial charge >= 0.3 is 5.97 Å². The summed E-state index contributed by atoms with van der Waals surface area (Å²) in [4.78, 5) is 25.0. The van der Waals surface area contributed by atoms with Gasteiger partial charge in [-0.25, -0.2) is 0 Å². The Bertz CT molecular complexity index is 1030. The summed E-state index contributed by atoms with van der Waals surface area (Å²) in [7, 11) is 1.30. The number of likely N-dealkylation sites (N-methyl/N-ethyl adjacent to an activating group) is 1. The van der Waals surface area contributed by atoms with E-state index in [4.69, 9.17) is 18.5 Å². The van der Waals surface area contributed by atoms with Crippen molar-refractivity contribution in [1.29, 1.82) is 0 Å². The van der Waals surface area contributed by atoms with E-state index in [-0.39, 0.29) is 32.2 Å². The minimum Gasteiger partial charge on any atom is -0.756 e. The van der Waals surface area contributed by atoms with Gasteiger partial charge in [-0.2, -0.15) is 0 Å². The molecule has 0 aromatic heterocycles. The Labute approximate surface area is 326 Å². The van der Waals surface area contributed by atoms with Gasteiger partial charge in [-0.15, -0.1) is 0 Å². The number of unbranched alkanes of at least 4 members (excludes halogenated alkanes) is 16. The molecule has 0 saturated heterocycles. The summed E-state index contributed by atoms with van der Waals surface area (Å²) in [5.41, 5.74) is 0. The summed E-state index contributed by atoms with van der Waals surface area (Å²) in [6.07, 6.45) is 46.1. The molecule has 0 aromatic rings. The van der Waals surface area contributed by atoms with E-state index < -0.39 is 13.9 Å². The van der Waals surface area contributed by atoms with E-state index in [1.165, 1.54) is 70.6 Å². The molecule has 0 radical (unpaired) electrons. The van der Waals surface area contributed by atoms with E-state index in [0.717, 1.165) is 70.6 Å². The highest BCUT2D eigenvalue weighted by Gasteiger charge is 2.20. The fraction of sp³-hybridized carbons (Fsp3) is 0.750. The second-order valence-corrected chi connectivity index (χ2v) is 16.4. The number of ether oxygens (including phenoxy) is 2. The van der Waals surface area contributed by atoms with Gasteiger partial charge in [-0.1, -0.05) is 127 Å². The number of hydrogen-bond acceptors (Lipinski definition) is 7. The van der Waals surface area contributed by atoms with Crippen molar-refractivity contribution in [3.8, 4) is 0 Å². The summed E-state index contributed by atoms with van der Waals surface area (Å²) >= 11 is 0. The average Bonchev–Trinajstić information content (AvgIpc) is 3.11. The van der Waals surface area contributed by atoms with Crippen LogP contribution in [0.5, 0.6) is 0 Å². The highest BCUT2D eigenvalue weighted by Crippen LogP contribution is 2.38. The number of allylic oxidation sites excluding steroid dienone is 9. The van der Waals surface area contributed by atoms with Crippen LogP contribution in [0.1, 0.15) is 162 Å². The SMILES string of the molecule is CC/C=C\C/C=C\C/C=C\CCCCCCCC(=O)OC(CO/C=C\CCCCCCCC/C=C\CCCCCC)COP(=O)([O-])OCC[N+](C)(C)C. The lowest BCUT2D eigenvalue weighted by molar-refractivity contribution is -0.870. The quantitative estimate of drug-likeness (QED) is 0.0154. The molecule has 8 nitrogen and oxygen atoms in total. The maximum absolute atomic E-state index is 12.6. The van der Waals surface area contributed by atoms with Crippen molar-refractivity contribution < 1.29 is 37.3 Å². The van der Waals surface area contributed by atoms with Crippen LogP contribution < -0.4 is 4.89 Å². The second kappa shape index (κ2) is 37.0. The summed E-state index contributed by atoms with van der Waals surface area (Å²) < 4.78 is 34.3. The maximum atomic E-state index is 12.6. The third-order valence-corrected chi connectivity index (χ3v) is 9.58. The van der Waals surface area contributed by atoms with Gasteiger partial charge in [0.05, 0.1) is 34.0 Å². The normalized spacial score (nSPS) is 14.4. The minimum atomic E-state index is -4.55. The van der Waals surface area contributed by atoms with Crippen LogP contribution in [0.15, 0.2) is 60.9 Å². The fourth-order valence-corrected chi connectivity index (χ4v) is 6.07. The molecule has 0 saturated carbocycles. The van der Waals surface area contributed by atoms with Crippen LogP contribution in [0.4, 0.5) is 0 Å². The van der Waals surface area contributed by atoms with E-state index >= 15 is 0 Å². The smallest absolute Gasteiger partial charge is 0.306 e. The molecule has 0 aliphatic rings. The fourth-order valence-electron chi connectivity index (χ4n) is 5.34. The zero-order chi connectivity index (χ0) is 39.1. The van der Waals surface area contributed by atoms with E-state index in [0.29, 0.717) is 11.0 Å². The van der Waals surface area contributed by atoms with Gasteiger partial charge in [0, 0.05) is 6.42 Å². The van der Waals surface area contributed by atoms with Gasteiger partial charge in [-0.05, 0) is 83.1 Å². The van der Waals surface area contributed by atoms with Crippen LogP contribution >= 0.6 is 7.82 Å². The Morgan fingerprint density at radius 3 is 1.68 bits per heavy atom. The number of nitrogens with zero attached hydrogens (tertiary/aromatic N) is 1. The summed E-state index contributed by atoms with van der Waals surface area (Å²) in [5, 5.41) is 0. The molecule has 0 bridgehead atoms. The monoisotopic (exact) mass is 766 g/mol. The lowest BCUT2D eigenvalue weighted by Gasteiger charge is -2.28. The van der Waals surface area contributed by atoms with Crippen LogP contribution in [0, 0.1) is 0 Å². The largest absolute Gasteiger partial charge is 0.756 e. The zero-order valence-corrected chi connectivity index (χ0v) is 35.6. The number of quaternary nitrogens is 1. The molecule has 308 valence electrons. The predicted molar refractivity (Wildman–Crippen MR) is 221 cm³/mol. The molecule has 0 heterocycles. The molecule has 0 spiro atoms. The first-order valence-electron chi connectivity index (χ1n) is 21.1. The molecule has 0 rings (SSSR count). The number of esters is 1. The Morgan fingerprint density at radius 2 is 1.11 bits per heavy atom. The summed E-state index contributed by atoms with van der Waals surface area (Å²) in [5.74, 6) is -0.377. The topological polar surface area (TPSA) is 94.1 Å². The number of carbonyl (C=O) groups excluding carboxylic acids is 1. The molecular formula is C44H80NO7P. The van der Waals surface area contributed by atoms with Crippen molar-refractivity contribution in [3.63, 3.8) is 0 Å². The van der Waals surface area contributed by atoms with Gasteiger partial charge in [0.25, 0.3) is 7.82 Å². The lowest BCUT2D eigenvalue weighted by atomic mass is 10.1. The number of carbonyl (C=O) groups is 1. The number of hydrogen-bond donors (Lipinski definition) is 0. The minimum absolute atomic E-state index is 0.00746. The Hall–Kier alpha value is -1.96. The standard InChI is InChI=1S/C44H80NO7P/c1-6-8-10-12-14-16-18-20-22-24-26-28-30-32-34-36-39-49-41-43(42-51-53(47,48)50-40-38-45(3,4)5)52-44(46)37-35-33-31-29-27-25-23-21-19-17-15-13-11-9-7-2/h9,11,15-18,21,23,36,39,43H,6-8,10,12-14,19-20,22,24-35,37-38,40-42H2,1-5H3/b11-9-,17-15-,18-16-,23-21-,39-36-. The average molecular weight is 766 g/mol. The molecular weight excluding hydrogens is 685 g/mol. The van der Waals surface area contributed by atoms with E-state index in [2.05, 4.69) is 62.5 Å². The molecule has 53 heavy (non-hydrogen) atoms. The van der Waals surface area contributed by atoms with Crippen molar-refractivity contribution in [3.05, 3.63) is 60.9 Å². The van der Waals surface area contributed by atoms with E-state index in [1.54, 1.807) is 6.26 Å². The molecule has 0 N–H and O–H groups in total. The lowest BCUT2D eigenvalue weighted by Crippen LogP contribution is -2.37. The van der Waals surface area contributed by atoms with Crippen molar-refractivity contribution in [2.24, 2.45) is 0 Å². The molecule has 9 heteroatoms. The summed E-state index contributed by atoms with van der Waals surface area (Å²) in [6, 6.07) is 0. The number of rotatable bonds is 38. The molecule has 0 aliphatic carbocycles. The Morgan fingerprint density at radius 1 is 0.623 bits per heavy atom. The third-order valence-electron chi connectivity index (χ3n) is 8.62. The predicted octanol–water partition coefficient (Wildman–Crippen LogP) is 11.9. The zero-order valence-electron chi connectivity index (χ0n) is 34.7. The van der Waals surface area contributed by atoms with Crippen molar-refractivity contribution in [2.75, 3.05) is 47.5 Å². The Kier molecular flexibility index (Phi) is 35.6. The Balaban J connectivity index is 4.36. The molecule has 0 fully saturated rings. The molecule has 2 unspecified atom stereocenters. The molecule has 2 atom stereocenters. The van der Waals surface area contributed by atoms with Gasteiger partial charge in [0.15, 0.2) is 6.10 Å². The number of phosphoric ester groups is 1. The van der Waals surface area contributed by atoms with Crippen LogP contribution in [0.2, 0.25) is 0 Å². The van der Waals surface area contributed by atoms with Crippen molar-refractivity contribution in [1.82, 2.24) is 0 Å². The van der Waals surface area contributed by atoms with Crippen LogP contribution in [0.3, 0.4) is 0 Å². The van der Waals surface area contributed by atoms with E-state index in [9.17, 15) is 14.3 Å². The highest BCUT2D eigenvalue weighted by molar-refractivity contribution is 7.45. The number of phosphoric acid groups is 1. The van der Waals surface area contributed by atoms with Gasteiger partial charge < -0.3 is 27.9 Å². The van der Waals surface area contributed by atoms with Crippen molar-refractivity contribution in [2.45, 2.75) is 168 Å². The summed E-state index contributed by atoms with van der Waals surface area (Å²) in [6.45, 7) is 4.57. The van der Waals surface area contributed by atoms with Crippen LogP contribution in [-0.4, -0.2) is 64.1 Å². The highest BCUT2D eigenvalue weighted by atomic mass is 31.2. The van der Waals surface area contributed by atoms with Crippen LogP contribution in [0.25, 0.3) is 0 Å². The van der Waals surface area contributed by atoms with Gasteiger partial charge in [0.1, 0.15) is 19.8 Å². The molecule has 0 amide bonds. The first-order chi connectivity index (χ1) is 25.6. The van der Waals surface area contributed by atoms with E-state index in [1.807, 2.05) is 27.2 Å². The third kappa shape index (κ3) is 41.1. The second-order valence-electron chi connectivity index (χ2n) is 15.0. The molecule has 0 aromatic carbocycles. The first-order valence-corrected chi connectivity index (χ1v) is 22.5. The first kappa shape index (κ1) is 51.0. The van der Waals surface area contributed by atoms with Gasteiger partial charge in [-0.3, -0.25) is 9.36 Å². The van der Waals surface area contributed by atoms with Crippen LogP contribution in [-0.2, 0) is 27.9 Å². The van der Waals surface area contributed by atoms with Gasteiger partial charge in [0.2, 0.25) is 0 Å². The van der Waals surface area contributed by atoms with Crippen molar-refractivity contribution >= 4 is 13.8 Å². The molecule has 0 aliphatic heterocycles.